The first-order chi connectivity index (χ1) is 8.20. The van der Waals surface area contributed by atoms with Crippen LogP contribution in [0.1, 0.15) is 17.8 Å². The zero-order valence-corrected chi connectivity index (χ0v) is 11.0. The quantitative estimate of drug-likeness (QED) is 0.857. The van der Waals surface area contributed by atoms with Crippen LogP contribution in [0.3, 0.4) is 0 Å². The molecule has 0 aliphatic carbocycles. The van der Waals surface area contributed by atoms with E-state index < -0.39 is 0 Å². The lowest BCUT2D eigenvalue weighted by molar-refractivity contribution is 0.0872. The van der Waals surface area contributed by atoms with E-state index in [0.717, 1.165) is 29.9 Å². The van der Waals surface area contributed by atoms with E-state index in [0.29, 0.717) is 11.9 Å². The Balaban J connectivity index is 1.55. The molecule has 1 saturated heterocycles. The summed E-state index contributed by atoms with van der Waals surface area (Å²) in [5, 5.41) is 8.16. The van der Waals surface area contributed by atoms with Crippen LogP contribution in [0.15, 0.2) is 21.4 Å². The van der Waals surface area contributed by atoms with Crippen LogP contribution in [0.25, 0.3) is 0 Å². The standard InChI is InChI=1S/C10H12BrN5O/c1-7-13-10(14-17-7)6-15-4-9(5-15)16-3-8(11)2-12-16/h2-3,9H,4-6H2,1H3. The van der Waals surface area contributed by atoms with Crippen molar-refractivity contribution >= 4 is 15.9 Å². The van der Waals surface area contributed by atoms with E-state index in [9.17, 15) is 0 Å². The van der Waals surface area contributed by atoms with Gasteiger partial charge in [-0.1, -0.05) is 5.16 Å². The lowest BCUT2D eigenvalue weighted by atomic mass is 10.1. The van der Waals surface area contributed by atoms with Crippen molar-refractivity contribution in [1.82, 2.24) is 24.8 Å². The topological polar surface area (TPSA) is 60.0 Å². The zero-order chi connectivity index (χ0) is 11.8. The van der Waals surface area contributed by atoms with Gasteiger partial charge in [0.2, 0.25) is 5.89 Å². The molecule has 90 valence electrons. The van der Waals surface area contributed by atoms with Crippen molar-refractivity contribution in [3.8, 4) is 0 Å². The first-order valence-corrected chi connectivity index (χ1v) is 6.21. The molecule has 1 aliphatic rings. The van der Waals surface area contributed by atoms with Gasteiger partial charge < -0.3 is 4.52 Å². The fourth-order valence-corrected chi connectivity index (χ4v) is 2.26. The number of halogens is 1. The van der Waals surface area contributed by atoms with Gasteiger partial charge in [0.05, 0.1) is 23.3 Å². The minimum atomic E-state index is 0.453. The molecule has 17 heavy (non-hydrogen) atoms. The number of hydrogen-bond acceptors (Lipinski definition) is 5. The minimum Gasteiger partial charge on any atom is -0.340 e. The molecular weight excluding hydrogens is 286 g/mol. The summed E-state index contributed by atoms with van der Waals surface area (Å²) in [5.41, 5.74) is 0. The Labute approximate surface area is 107 Å². The van der Waals surface area contributed by atoms with Gasteiger partial charge in [0, 0.05) is 26.2 Å². The number of aryl methyl sites for hydroxylation is 1. The summed E-state index contributed by atoms with van der Waals surface area (Å²) in [6, 6.07) is 0.453. The van der Waals surface area contributed by atoms with Gasteiger partial charge in [0.1, 0.15) is 0 Å². The van der Waals surface area contributed by atoms with Crippen LogP contribution in [0, 0.1) is 6.92 Å². The first kappa shape index (κ1) is 10.9. The molecule has 3 rings (SSSR count). The second-order valence-corrected chi connectivity index (χ2v) is 5.13. The van der Waals surface area contributed by atoms with Crippen LogP contribution in [0.5, 0.6) is 0 Å². The molecule has 6 nitrogen and oxygen atoms in total. The summed E-state index contributed by atoms with van der Waals surface area (Å²) >= 11 is 3.40. The Kier molecular flexibility index (Phi) is 2.71. The van der Waals surface area contributed by atoms with Gasteiger partial charge in [0.25, 0.3) is 0 Å². The van der Waals surface area contributed by atoms with Gasteiger partial charge in [-0.25, -0.2) is 0 Å². The third-order valence-electron chi connectivity index (χ3n) is 2.82. The lowest BCUT2D eigenvalue weighted by Crippen LogP contribution is -2.47. The molecule has 0 atom stereocenters. The number of hydrogen-bond donors (Lipinski definition) is 0. The first-order valence-electron chi connectivity index (χ1n) is 5.42. The van der Waals surface area contributed by atoms with E-state index in [2.05, 4.69) is 36.1 Å². The predicted octanol–water partition coefficient (Wildman–Crippen LogP) is 1.39. The molecule has 1 fully saturated rings. The van der Waals surface area contributed by atoms with E-state index in [1.807, 2.05) is 17.1 Å². The largest absolute Gasteiger partial charge is 0.340 e. The van der Waals surface area contributed by atoms with Crippen molar-refractivity contribution < 1.29 is 4.52 Å². The summed E-state index contributed by atoms with van der Waals surface area (Å²) in [4.78, 5) is 6.45. The highest BCUT2D eigenvalue weighted by Crippen LogP contribution is 2.23. The lowest BCUT2D eigenvalue weighted by Gasteiger charge is -2.38. The van der Waals surface area contributed by atoms with Crippen LogP contribution >= 0.6 is 15.9 Å². The highest BCUT2D eigenvalue weighted by molar-refractivity contribution is 9.10. The van der Waals surface area contributed by atoms with E-state index in [-0.39, 0.29) is 0 Å². The Morgan fingerprint density at radius 3 is 2.94 bits per heavy atom. The maximum Gasteiger partial charge on any atom is 0.223 e. The maximum atomic E-state index is 4.94. The van der Waals surface area contributed by atoms with Gasteiger partial charge >= 0.3 is 0 Å². The molecule has 0 bridgehead atoms. The van der Waals surface area contributed by atoms with Crippen molar-refractivity contribution in [2.75, 3.05) is 13.1 Å². The van der Waals surface area contributed by atoms with Gasteiger partial charge in [0.15, 0.2) is 5.82 Å². The van der Waals surface area contributed by atoms with Crippen LogP contribution in [0.2, 0.25) is 0 Å². The fourth-order valence-electron chi connectivity index (χ4n) is 1.96. The molecule has 2 aromatic heterocycles. The third-order valence-corrected chi connectivity index (χ3v) is 3.23. The molecule has 0 N–H and O–H groups in total. The molecule has 0 unspecified atom stereocenters. The molecule has 7 heteroatoms. The zero-order valence-electron chi connectivity index (χ0n) is 9.38. The molecule has 0 radical (unpaired) electrons. The molecule has 0 spiro atoms. The number of likely N-dealkylation sites (tertiary alicyclic amines) is 1. The highest BCUT2D eigenvalue weighted by Gasteiger charge is 2.29. The second kappa shape index (κ2) is 4.23. The Hall–Kier alpha value is -1.21. The Morgan fingerprint density at radius 2 is 2.35 bits per heavy atom. The fraction of sp³-hybridized carbons (Fsp3) is 0.500. The van der Waals surface area contributed by atoms with Crippen molar-refractivity contribution in [3.63, 3.8) is 0 Å². The van der Waals surface area contributed by atoms with Crippen molar-refractivity contribution in [2.45, 2.75) is 19.5 Å². The van der Waals surface area contributed by atoms with Crippen molar-refractivity contribution in [2.24, 2.45) is 0 Å². The summed E-state index contributed by atoms with van der Waals surface area (Å²) in [6.07, 6.45) is 3.81. The van der Waals surface area contributed by atoms with Gasteiger partial charge in [-0.15, -0.1) is 0 Å². The maximum absolute atomic E-state index is 4.94. The summed E-state index contributed by atoms with van der Waals surface area (Å²) < 4.78 is 7.94. The highest BCUT2D eigenvalue weighted by atomic mass is 79.9. The van der Waals surface area contributed by atoms with Crippen LogP contribution < -0.4 is 0 Å². The van der Waals surface area contributed by atoms with Crippen molar-refractivity contribution in [1.29, 1.82) is 0 Å². The smallest absolute Gasteiger partial charge is 0.223 e. The normalized spacial score (nSPS) is 17.3. The third kappa shape index (κ3) is 2.25. The summed E-state index contributed by atoms with van der Waals surface area (Å²) in [5.74, 6) is 1.37. The number of aromatic nitrogens is 4. The van der Waals surface area contributed by atoms with Crippen LogP contribution in [-0.4, -0.2) is 37.9 Å². The summed E-state index contributed by atoms with van der Waals surface area (Å²) in [7, 11) is 0. The van der Waals surface area contributed by atoms with Crippen LogP contribution in [-0.2, 0) is 6.54 Å². The summed E-state index contributed by atoms with van der Waals surface area (Å²) in [6.45, 7) is 4.50. The molecular formula is C10H12BrN5O. The van der Waals surface area contributed by atoms with Gasteiger partial charge in [-0.2, -0.15) is 10.1 Å². The molecule has 2 aromatic rings. The second-order valence-electron chi connectivity index (χ2n) is 4.22. The predicted molar refractivity (Wildman–Crippen MR) is 63.3 cm³/mol. The Bertz CT molecular complexity index is 516. The molecule has 1 aliphatic heterocycles. The Morgan fingerprint density at radius 1 is 1.53 bits per heavy atom. The minimum absolute atomic E-state index is 0.453. The van der Waals surface area contributed by atoms with Gasteiger partial charge in [-0.3, -0.25) is 9.58 Å². The average molecular weight is 298 g/mol. The van der Waals surface area contributed by atoms with E-state index in [1.165, 1.54) is 0 Å². The molecule has 0 amide bonds. The molecule has 0 aromatic carbocycles. The molecule has 3 heterocycles. The van der Waals surface area contributed by atoms with Crippen LogP contribution in [0.4, 0.5) is 0 Å². The van der Waals surface area contributed by atoms with Crippen molar-refractivity contribution in [3.05, 3.63) is 28.6 Å². The van der Waals surface area contributed by atoms with E-state index in [4.69, 9.17) is 4.52 Å². The van der Waals surface area contributed by atoms with Gasteiger partial charge in [-0.05, 0) is 15.9 Å². The monoisotopic (exact) mass is 297 g/mol. The van der Waals surface area contributed by atoms with E-state index in [1.54, 1.807) is 6.92 Å². The number of rotatable bonds is 3. The van der Waals surface area contributed by atoms with E-state index >= 15 is 0 Å². The SMILES string of the molecule is Cc1nc(CN2CC(n3cc(Br)cn3)C2)no1. The number of nitrogens with zero attached hydrogens (tertiary/aromatic N) is 5. The molecule has 0 saturated carbocycles. The average Bonchev–Trinajstić information content (AvgIpc) is 2.81.